The summed E-state index contributed by atoms with van der Waals surface area (Å²) >= 11 is 6.32. The molecule has 10 heteroatoms. The van der Waals surface area contributed by atoms with Crippen LogP contribution in [0.5, 0.6) is 0 Å². The van der Waals surface area contributed by atoms with Crippen molar-refractivity contribution >= 4 is 46.1 Å². The van der Waals surface area contributed by atoms with Gasteiger partial charge in [0.25, 0.3) is 5.91 Å². The molecule has 38 heavy (non-hydrogen) atoms. The normalized spacial score (nSPS) is 24.9. The third-order valence-electron chi connectivity index (χ3n) is 8.59. The molecule has 2 aliphatic heterocycles. The summed E-state index contributed by atoms with van der Waals surface area (Å²) < 4.78 is 0. The van der Waals surface area contributed by atoms with Gasteiger partial charge in [-0.05, 0) is 63.5 Å². The van der Waals surface area contributed by atoms with Crippen LogP contribution in [-0.2, 0) is 14.4 Å². The number of likely N-dealkylation sites (tertiary alicyclic amines) is 1. The molecule has 3 aliphatic rings. The van der Waals surface area contributed by atoms with Crippen molar-refractivity contribution in [2.75, 3.05) is 6.54 Å². The Morgan fingerprint density at radius 3 is 2.55 bits per heavy atom. The third-order valence-corrected chi connectivity index (χ3v) is 8.91. The van der Waals surface area contributed by atoms with Crippen molar-refractivity contribution in [1.82, 2.24) is 20.5 Å². The zero-order chi connectivity index (χ0) is 27.2. The Labute approximate surface area is 227 Å². The number of nitrogens with two attached hydrogens (primary N) is 1. The van der Waals surface area contributed by atoms with Crippen molar-refractivity contribution in [2.24, 2.45) is 17.1 Å². The number of carbonyl (C=O) groups is 4. The smallest absolute Gasteiger partial charge is 0.271 e. The molecule has 204 valence electrons. The number of nitrogens with zero attached hydrogens (tertiary/aromatic N) is 1. The van der Waals surface area contributed by atoms with Gasteiger partial charge in [0.2, 0.25) is 17.7 Å². The molecule has 9 nitrogen and oxygen atoms in total. The number of hydrogen-bond donors (Lipinski definition) is 4. The second kappa shape index (κ2) is 9.91. The topological polar surface area (TPSA) is 137 Å². The molecule has 1 aliphatic carbocycles. The predicted octanol–water partition coefficient (Wildman–Crippen LogP) is 3.26. The van der Waals surface area contributed by atoms with E-state index in [2.05, 4.69) is 15.6 Å². The lowest BCUT2D eigenvalue weighted by molar-refractivity contribution is -0.131. The van der Waals surface area contributed by atoms with Gasteiger partial charge in [-0.25, -0.2) is 0 Å². The van der Waals surface area contributed by atoms with Crippen LogP contribution in [0.1, 0.15) is 75.7 Å². The fourth-order valence-corrected chi connectivity index (χ4v) is 6.97. The first-order chi connectivity index (χ1) is 18.0. The van der Waals surface area contributed by atoms with E-state index in [4.69, 9.17) is 17.3 Å². The molecule has 2 saturated heterocycles. The van der Waals surface area contributed by atoms with Gasteiger partial charge < -0.3 is 26.3 Å². The standard InChI is InChI=1S/C28H36ClN5O4/c1-27(2)13-17(24(36)33-27)12-19(23(30)35)32-25(37)21-14-28(9-4-3-5-10-28)15-34(21)26(38)20-11-16-7-6-8-18(29)22(16)31-20/h6-8,11,17,19,21,31H,3-5,9-10,12-15H2,1-2H3,(H2,30,35)(H,32,37)(H,33,36)/t17-,19+,21?/m1/s1. The van der Waals surface area contributed by atoms with Crippen LogP contribution in [0.15, 0.2) is 24.3 Å². The van der Waals surface area contributed by atoms with E-state index in [-0.39, 0.29) is 29.2 Å². The molecule has 3 fully saturated rings. The highest BCUT2D eigenvalue weighted by Crippen LogP contribution is 2.47. The summed E-state index contributed by atoms with van der Waals surface area (Å²) in [6.07, 6.45) is 6.40. The SMILES string of the molecule is CC1(C)C[C@@H](C[C@H](NC(=O)C2CC3(CCCCC3)CN2C(=O)c2cc3cccc(Cl)c3[nH]2)C(N)=O)C(=O)N1. The zero-order valence-electron chi connectivity index (χ0n) is 21.9. The predicted molar refractivity (Wildman–Crippen MR) is 144 cm³/mol. The van der Waals surface area contributed by atoms with Crippen molar-refractivity contribution in [3.05, 3.63) is 35.0 Å². The molecule has 3 heterocycles. The van der Waals surface area contributed by atoms with Crippen LogP contribution in [0.3, 0.4) is 0 Å². The van der Waals surface area contributed by atoms with Crippen molar-refractivity contribution in [2.45, 2.75) is 82.8 Å². The van der Waals surface area contributed by atoms with Crippen LogP contribution in [0.2, 0.25) is 5.02 Å². The van der Waals surface area contributed by atoms with E-state index in [0.29, 0.717) is 35.6 Å². The second-order valence-electron chi connectivity index (χ2n) is 12.1. The van der Waals surface area contributed by atoms with E-state index >= 15 is 0 Å². The van der Waals surface area contributed by atoms with Crippen LogP contribution in [0.25, 0.3) is 10.9 Å². The van der Waals surface area contributed by atoms with Gasteiger partial charge in [0.05, 0.1) is 10.5 Å². The van der Waals surface area contributed by atoms with Gasteiger partial charge in [0.15, 0.2) is 0 Å². The highest BCUT2D eigenvalue weighted by Gasteiger charge is 2.50. The molecule has 4 amide bonds. The minimum Gasteiger partial charge on any atom is -0.368 e. The molecule has 2 aromatic rings. The second-order valence-corrected chi connectivity index (χ2v) is 12.5. The number of amides is 4. The van der Waals surface area contributed by atoms with Crippen LogP contribution in [0.4, 0.5) is 0 Å². The van der Waals surface area contributed by atoms with E-state index in [1.165, 1.54) is 0 Å². The summed E-state index contributed by atoms with van der Waals surface area (Å²) in [5.74, 6) is -1.94. The molecule has 5 N–H and O–H groups in total. The fourth-order valence-electron chi connectivity index (χ4n) is 6.74. The van der Waals surface area contributed by atoms with E-state index in [0.717, 1.165) is 37.5 Å². The summed E-state index contributed by atoms with van der Waals surface area (Å²) in [6.45, 7) is 4.32. The molecule has 0 bridgehead atoms. The first kappa shape index (κ1) is 26.5. The summed E-state index contributed by atoms with van der Waals surface area (Å²) in [5, 5.41) is 7.07. The lowest BCUT2D eigenvalue weighted by Crippen LogP contribution is -2.53. The Bertz CT molecular complexity index is 1280. The van der Waals surface area contributed by atoms with Gasteiger partial charge in [-0.2, -0.15) is 0 Å². The van der Waals surface area contributed by atoms with Crippen LogP contribution >= 0.6 is 11.6 Å². The number of halogens is 1. The van der Waals surface area contributed by atoms with Crippen LogP contribution in [-0.4, -0.2) is 57.7 Å². The minimum absolute atomic E-state index is 0.128. The number of fused-ring (bicyclic) bond motifs is 1. The summed E-state index contributed by atoms with van der Waals surface area (Å²) in [7, 11) is 0. The lowest BCUT2D eigenvalue weighted by atomic mass is 9.72. The number of benzene rings is 1. The average Bonchev–Trinajstić information content (AvgIpc) is 3.52. The molecule has 1 spiro atoms. The summed E-state index contributed by atoms with van der Waals surface area (Å²) in [6, 6.07) is 5.48. The molecule has 5 rings (SSSR count). The number of hydrogen-bond acceptors (Lipinski definition) is 4. The Balaban J connectivity index is 1.38. The third kappa shape index (κ3) is 5.13. The molecule has 0 radical (unpaired) electrons. The number of primary amides is 1. The quantitative estimate of drug-likeness (QED) is 0.446. The van der Waals surface area contributed by atoms with Crippen LogP contribution < -0.4 is 16.4 Å². The Morgan fingerprint density at radius 2 is 1.92 bits per heavy atom. The Kier molecular flexibility index (Phi) is 6.92. The molecular weight excluding hydrogens is 506 g/mol. The minimum atomic E-state index is -1.00. The Morgan fingerprint density at radius 1 is 1.18 bits per heavy atom. The largest absolute Gasteiger partial charge is 0.368 e. The number of para-hydroxylation sites is 1. The molecule has 1 aromatic heterocycles. The van der Waals surface area contributed by atoms with Gasteiger partial charge >= 0.3 is 0 Å². The molecule has 1 saturated carbocycles. The molecular formula is C28H36ClN5O4. The van der Waals surface area contributed by atoms with Crippen molar-refractivity contribution in [3.63, 3.8) is 0 Å². The van der Waals surface area contributed by atoms with Crippen molar-refractivity contribution < 1.29 is 19.2 Å². The highest BCUT2D eigenvalue weighted by atomic mass is 35.5. The molecule has 1 aromatic carbocycles. The molecule has 1 unspecified atom stereocenters. The maximum absolute atomic E-state index is 13.8. The number of aromatic amines is 1. The van der Waals surface area contributed by atoms with E-state index in [1.807, 2.05) is 26.0 Å². The lowest BCUT2D eigenvalue weighted by Gasteiger charge is -2.32. The first-order valence-electron chi connectivity index (χ1n) is 13.5. The number of nitrogens with one attached hydrogen (secondary N) is 3. The number of rotatable bonds is 6. The van der Waals surface area contributed by atoms with E-state index in [1.54, 1.807) is 17.0 Å². The number of aromatic nitrogens is 1. The first-order valence-corrected chi connectivity index (χ1v) is 13.8. The van der Waals surface area contributed by atoms with Crippen LogP contribution in [0, 0.1) is 11.3 Å². The van der Waals surface area contributed by atoms with Gasteiger partial charge in [-0.15, -0.1) is 0 Å². The maximum Gasteiger partial charge on any atom is 0.271 e. The number of carbonyl (C=O) groups excluding carboxylic acids is 4. The van der Waals surface area contributed by atoms with E-state index in [9.17, 15) is 19.2 Å². The molecule has 3 atom stereocenters. The maximum atomic E-state index is 13.8. The van der Waals surface area contributed by atoms with Crippen molar-refractivity contribution in [1.29, 1.82) is 0 Å². The van der Waals surface area contributed by atoms with Gasteiger partial charge in [-0.3, -0.25) is 19.2 Å². The average molecular weight is 542 g/mol. The van der Waals surface area contributed by atoms with Gasteiger partial charge in [0.1, 0.15) is 17.8 Å². The van der Waals surface area contributed by atoms with E-state index < -0.39 is 29.8 Å². The highest BCUT2D eigenvalue weighted by molar-refractivity contribution is 6.35. The number of H-pyrrole nitrogens is 1. The van der Waals surface area contributed by atoms with Gasteiger partial charge in [0, 0.05) is 23.4 Å². The summed E-state index contributed by atoms with van der Waals surface area (Å²) in [4.78, 5) is 57.1. The van der Waals surface area contributed by atoms with Gasteiger partial charge in [-0.1, -0.05) is 43.0 Å². The summed E-state index contributed by atoms with van der Waals surface area (Å²) in [5.41, 5.74) is 6.21. The Hall–Kier alpha value is -3.07. The monoisotopic (exact) mass is 541 g/mol. The fraction of sp³-hybridized carbons (Fsp3) is 0.571. The van der Waals surface area contributed by atoms with Crippen molar-refractivity contribution in [3.8, 4) is 0 Å². The zero-order valence-corrected chi connectivity index (χ0v) is 22.7.